The zero-order chi connectivity index (χ0) is 18.1. The number of nitrogens with one attached hydrogen (secondary N) is 1. The largest absolute Gasteiger partial charge is 0.361 e. The van der Waals surface area contributed by atoms with Crippen LogP contribution in [0.5, 0.6) is 0 Å². The number of aromatic amines is 1. The van der Waals surface area contributed by atoms with Crippen molar-refractivity contribution in [1.82, 2.24) is 19.8 Å². The summed E-state index contributed by atoms with van der Waals surface area (Å²) in [6.07, 6.45) is 6.74. The van der Waals surface area contributed by atoms with Crippen LogP contribution < -0.4 is 0 Å². The first-order chi connectivity index (χ1) is 12.6. The summed E-state index contributed by atoms with van der Waals surface area (Å²) in [7, 11) is 4.05. The van der Waals surface area contributed by atoms with Crippen molar-refractivity contribution in [1.29, 1.82) is 0 Å². The highest BCUT2D eigenvalue weighted by atomic mass is 16.2. The second-order valence-corrected chi connectivity index (χ2v) is 7.23. The molecule has 134 valence electrons. The standard InChI is InChI=1S/C21H24N4O/c1-24-11-8-18(20(24)17-4-3-9-22-13-17)14-25(2)21(26)16-6-5-15-7-10-23-19(15)12-16/h3-7,9-10,12-13,18,20,23H,8,11,14H2,1-2H3/t18-,20-/m0/s1. The molecule has 3 heterocycles. The van der Waals surface area contributed by atoms with Gasteiger partial charge in [0.1, 0.15) is 0 Å². The number of aromatic nitrogens is 2. The minimum Gasteiger partial charge on any atom is -0.361 e. The molecule has 2 atom stereocenters. The van der Waals surface area contributed by atoms with E-state index in [2.05, 4.69) is 28.0 Å². The predicted octanol–water partition coefficient (Wildman–Crippen LogP) is 3.33. The summed E-state index contributed by atoms with van der Waals surface area (Å²) in [6.45, 7) is 1.78. The molecule has 0 aliphatic carbocycles. The Hall–Kier alpha value is -2.66. The fraction of sp³-hybridized carbons (Fsp3) is 0.333. The van der Waals surface area contributed by atoms with Crippen LogP contribution in [0.1, 0.15) is 28.4 Å². The molecule has 26 heavy (non-hydrogen) atoms. The highest BCUT2D eigenvalue weighted by Gasteiger charge is 2.34. The van der Waals surface area contributed by atoms with E-state index in [-0.39, 0.29) is 5.91 Å². The Bertz CT molecular complexity index is 905. The molecule has 0 radical (unpaired) electrons. The van der Waals surface area contributed by atoms with Crippen molar-refractivity contribution in [2.75, 3.05) is 27.2 Å². The molecule has 0 spiro atoms. The molecule has 1 N–H and O–H groups in total. The number of hydrogen-bond donors (Lipinski definition) is 1. The van der Waals surface area contributed by atoms with Gasteiger partial charge in [0.05, 0.1) is 0 Å². The fourth-order valence-corrected chi connectivity index (χ4v) is 4.13. The van der Waals surface area contributed by atoms with Crippen molar-refractivity contribution in [3.8, 4) is 0 Å². The third-order valence-corrected chi connectivity index (χ3v) is 5.46. The van der Waals surface area contributed by atoms with E-state index in [1.165, 1.54) is 5.56 Å². The average molecular weight is 348 g/mol. The molecule has 1 amide bonds. The highest BCUT2D eigenvalue weighted by molar-refractivity contribution is 5.97. The Morgan fingerprint density at radius 2 is 2.23 bits per heavy atom. The van der Waals surface area contributed by atoms with Gasteiger partial charge in [-0.25, -0.2) is 0 Å². The molecular formula is C21H24N4O. The van der Waals surface area contributed by atoms with Gasteiger partial charge in [0.15, 0.2) is 0 Å². The van der Waals surface area contributed by atoms with Crippen LogP contribution in [0.2, 0.25) is 0 Å². The van der Waals surface area contributed by atoms with E-state index in [1.807, 2.05) is 54.7 Å². The summed E-state index contributed by atoms with van der Waals surface area (Å²) < 4.78 is 0. The smallest absolute Gasteiger partial charge is 0.253 e. The lowest BCUT2D eigenvalue weighted by Crippen LogP contribution is -2.34. The van der Waals surface area contributed by atoms with Gasteiger partial charge in [-0.1, -0.05) is 12.1 Å². The number of benzene rings is 1. The van der Waals surface area contributed by atoms with E-state index >= 15 is 0 Å². The second kappa shape index (κ2) is 6.92. The van der Waals surface area contributed by atoms with Crippen LogP contribution >= 0.6 is 0 Å². The highest BCUT2D eigenvalue weighted by Crippen LogP contribution is 2.36. The van der Waals surface area contributed by atoms with E-state index in [0.717, 1.165) is 36.0 Å². The number of rotatable bonds is 4. The summed E-state index contributed by atoms with van der Waals surface area (Å²) in [4.78, 5) is 24.6. The Labute approximate surface area is 153 Å². The Kier molecular flexibility index (Phi) is 4.47. The molecule has 1 aliphatic heterocycles. The molecule has 0 unspecified atom stereocenters. The van der Waals surface area contributed by atoms with Crippen molar-refractivity contribution in [2.24, 2.45) is 5.92 Å². The van der Waals surface area contributed by atoms with Crippen LogP contribution in [0.4, 0.5) is 0 Å². The molecule has 4 rings (SSSR count). The molecule has 1 aromatic carbocycles. The van der Waals surface area contributed by atoms with Crippen LogP contribution in [0.25, 0.3) is 10.9 Å². The minimum absolute atomic E-state index is 0.0704. The van der Waals surface area contributed by atoms with Gasteiger partial charge in [0.25, 0.3) is 5.91 Å². The number of fused-ring (bicyclic) bond motifs is 1. The van der Waals surface area contributed by atoms with Gasteiger partial charge in [-0.3, -0.25) is 14.7 Å². The minimum atomic E-state index is 0.0704. The Balaban J connectivity index is 1.51. The first-order valence-electron chi connectivity index (χ1n) is 9.06. The lowest BCUT2D eigenvalue weighted by atomic mass is 9.94. The molecule has 1 saturated heterocycles. The van der Waals surface area contributed by atoms with Gasteiger partial charge < -0.3 is 9.88 Å². The molecule has 1 aliphatic rings. The van der Waals surface area contributed by atoms with E-state index < -0.39 is 0 Å². The van der Waals surface area contributed by atoms with E-state index in [4.69, 9.17) is 0 Å². The van der Waals surface area contributed by atoms with Crippen LogP contribution in [-0.4, -0.2) is 52.9 Å². The van der Waals surface area contributed by atoms with Crippen molar-refractivity contribution in [2.45, 2.75) is 12.5 Å². The lowest BCUT2D eigenvalue weighted by Gasteiger charge is -2.28. The first kappa shape index (κ1) is 16.8. The molecule has 5 heteroatoms. The molecule has 0 saturated carbocycles. The number of hydrogen-bond acceptors (Lipinski definition) is 3. The van der Waals surface area contributed by atoms with Crippen molar-refractivity contribution in [3.63, 3.8) is 0 Å². The molecule has 0 bridgehead atoms. The third kappa shape index (κ3) is 3.10. The normalized spacial score (nSPS) is 20.5. The summed E-state index contributed by atoms with van der Waals surface area (Å²) in [6, 6.07) is 12.3. The molecule has 5 nitrogen and oxygen atoms in total. The summed E-state index contributed by atoms with van der Waals surface area (Å²) in [5, 5.41) is 1.12. The number of amides is 1. The first-order valence-corrected chi connectivity index (χ1v) is 9.06. The van der Waals surface area contributed by atoms with Crippen LogP contribution in [0.3, 0.4) is 0 Å². The maximum Gasteiger partial charge on any atom is 0.253 e. The van der Waals surface area contributed by atoms with Crippen LogP contribution in [0, 0.1) is 5.92 Å². The fourth-order valence-electron chi connectivity index (χ4n) is 4.13. The Morgan fingerprint density at radius 3 is 3.04 bits per heavy atom. The second-order valence-electron chi connectivity index (χ2n) is 7.23. The topological polar surface area (TPSA) is 52.2 Å². The van der Waals surface area contributed by atoms with Gasteiger partial charge in [0.2, 0.25) is 0 Å². The zero-order valence-electron chi connectivity index (χ0n) is 15.2. The van der Waals surface area contributed by atoms with Gasteiger partial charge in [-0.15, -0.1) is 0 Å². The van der Waals surface area contributed by atoms with E-state index in [1.54, 1.807) is 6.20 Å². The summed E-state index contributed by atoms with van der Waals surface area (Å²) >= 11 is 0. The predicted molar refractivity (Wildman–Crippen MR) is 103 cm³/mol. The maximum absolute atomic E-state index is 12.9. The van der Waals surface area contributed by atoms with Crippen molar-refractivity contribution < 1.29 is 4.79 Å². The number of carbonyl (C=O) groups is 1. The number of likely N-dealkylation sites (tertiary alicyclic amines) is 1. The molecule has 3 aromatic rings. The summed E-state index contributed by atoms with van der Waals surface area (Å²) in [5.41, 5.74) is 2.95. The maximum atomic E-state index is 12.9. The number of pyridine rings is 1. The van der Waals surface area contributed by atoms with Crippen LogP contribution in [0.15, 0.2) is 55.0 Å². The number of H-pyrrole nitrogens is 1. The Morgan fingerprint density at radius 1 is 1.35 bits per heavy atom. The quantitative estimate of drug-likeness (QED) is 0.787. The molecular weight excluding hydrogens is 324 g/mol. The van der Waals surface area contributed by atoms with Gasteiger partial charge >= 0.3 is 0 Å². The molecule has 1 fully saturated rings. The van der Waals surface area contributed by atoms with E-state index in [9.17, 15) is 4.79 Å². The average Bonchev–Trinajstić information content (AvgIpc) is 3.27. The van der Waals surface area contributed by atoms with Crippen molar-refractivity contribution in [3.05, 3.63) is 66.1 Å². The third-order valence-electron chi connectivity index (χ3n) is 5.46. The SMILES string of the molecule is CN(C[C@@H]1CCN(C)[C@H]1c1cccnc1)C(=O)c1ccc2cc[nH]c2c1. The van der Waals surface area contributed by atoms with Gasteiger partial charge in [-0.2, -0.15) is 0 Å². The van der Waals surface area contributed by atoms with Gasteiger partial charge in [-0.05, 0) is 61.1 Å². The molecule has 2 aromatic heterocycles. The van der Waals surface area contributed by atoms with Crippen LogP contribution in [-0.2, 0) is 0 Å². The van der Waals surface area contributed by atoms with Gasteiger partial charge in [0, 0.05) is 49.3 Å². The summed E-state index contributed by atoms with van der Waals surface area (Å²) in [5.74, 6) is 0.480. The number of carbonyl (C=O) groups excluding carboxylic acids is 1. The monoisotopic (exact) mass is 348 g/mol. The van der Waals surface area contributed by atoms with Crippen molar-refractivity contribution >= 4 is 16.8 Å². The van der Waals surface area contributed by atoms with E-state index in [0.29, 0.717) is 12.0 Å². The number of nitrogens with zero attached hydrogens (tertiary/aromatic N) is 3. The lowest BCUT2D eigenvalue weighted by molar-refractivity contribution is 0.0761. The zero-order valence-corrected chi connectivity index (χ0v) is 15.2.